The van der Waals surface area contributed by atoms with Gasteiger partial charge in [-0.15, -0.1) is 0 Å². The Kier molecular flexibility index (Phi) is 4.35. The van der Waals surface area contributed by atoms with Gasteiger partial charge in [0.1, 0.15) is 0 Å². The van der Waals surface area contributed by atoms with Crippen LogP contribution in [0.1, 0.15) is 39.0 Å². The summed E-state index contributed by atoms with van der Waals surface area (Å²) in [6, 6.07) is 0. The second kappa shape index (κ2) is 5.99. The van der Waals surface area contributed by atoms with Gasteiger partial charge in [-0.3, -0.25) is 19.7 Å². The molecule has 0 aromatic rings. The number of esters is 1. The summed E-state index contributed by atoms with van der Waals surface area (Å²) in [6.45, 7) is 2.64. The molecule has 1 aliphatic heterocycles. The number of rotatable bonds is 4. The lowest BCUT2D eigenvalue weighted by Crippen LogP contribution is -2.24. The first-order chi connectivity index (χ1) is 9.04. The van der Waals surface area contributed by atoms with Gasteiger partial charge in [-0.25, -0.2) is 0 Å². The fourth-order valence-electron chi connectivity index (χ4n) is 2.71. The quantitative estimate of drug-likeness (QED) is 0.615. The van der Waals surface area contributed by atoms with Crippen LogP contribution in [0.15, 0.2) is 11.6 Å². The second-order valence-electron chi connectivity index (χ2n) is 5.49. The van der Waals surface area contributed by atoms with E-state index in [0.717, 1.165) is 18.9 Å². The second-order valence-corrected chi connectivity index (χ2v) is 5.49. The summed E-state index contributed by atoms with van der Waals surface area (Å²) in [5, 5.41) is 2.11. The molecule has 0 aromatic heterocycles. The number of hydrogen-bond donors (Lipinski definition) is 1. The third-order valence-corrected chi connectivity index (χ3v) is 3.69. The average Bonchev–Trinajstić information content (AvgIpc) is 2.65. The predicted octanol–water partition coefficient (Wildman–Crippen LogP) is 1.33. The molecule has 0 saturated heterocycles. The number of ether oxygens (including phenoxy) is 1. The Bertz CT molecular complexity index is 427. The molecule has 19 heavy (non-hydrogen) atoms. The highest BCUT2D eigenvalue weighted by atomic mass is 16.5. The van der Waals surface area contributed by atoms with Gasteiger partial charge in [-0.1, -0.05) is 19.8 Å². The first-order valence-electron chi connectivity index (χ1n) is 6.76. The number of hydrogen-bond acceptors (Lipinski definition) is 4. The molecule has 1 N–H and O–H groups in total. The zero-order chi connectivity index (χ0) is 13.8. The van der Waals surface area contributed by atoms with Crippen molar-refractivity contribution in [3.8, 4) is 0 Å². The molecule has 1 fully saturated rings. The number of nitrogens with one attached hydrogen (secondary N) is 1. The first-order valence-corrected chi connectivity index (χ1v) is 6.76. The minimum absolute atomic E-state index is 0.125. The highest BCUT2D eigenvalue weighted by Crippen LogP contribution is 2.28. The summed E-state index contributed by atoms with van der Waals surface area (Å²) in [6.07, 6.45) is 5.66. The Morgan fingerprint density at radius 2 is 2.21 bits per heavy atom. The zero-order valence-corrected chi connectivity index (χ0v) is 11.1. The van der Waals surface area contributed by atoms with Gasteiger partial charge >= 0.3 is 5.97 Å². The summed E-state index contributed by atoms with van der Waals surface area (Å²) in [5.74, 6) is -0.268. The van der Waals surface area contributed by atoms with E-state index in [9.17, 15) is 14.4 Å². The minimum Gasteiger partial charge on any atom is -0.465 e. The van der Waals surface area contributed by atoms with Crippen molar-refractivity contribution in [3.05, 3.63) is 11.6 Å². The molecule has 5 nitrogen and oxygen atoms in total. The highest BCUT2D eigenvalue weighted by Gasteiger charge is 2.24. The van der Waals surface area contributed by atoms with Crippen molar-refractivity contribution in [3.63, 3.8) is 0 Å². The van der Waals surface area contributed by atoms with E-state index in [1.165, 1.54) is 12.8 Å². The molecule has 2 atom stereocenters. The summed E-state index contributed by atoms with van der Waals surface area (Å²) in [4.78, 5) is 33.8. The van der Waals surface area contributed by atoms with Gasteiger partial charge in [-0.05, 0) is 24.7 Å². The van der Waals surface area contributed by atoms with Crippen LogP contribution in [-0.4, -0.2) is 24.4 Å². The lowest BCUT2D eigenvalue weighted by atomic mass is 9.83. The van der Waals surface area contributed by atoms with Gasteiger partial charge in [0.15, 0.2) is 0 Å². The Morgan fingerprint density at radius 1 is 1.42 bits per heavy atom. The van der Waals surface area contributed by atoms with Crippen molar-refractivity contribution in [1.82, 2.24) is 5.32 Å². The maximum atomic E-state index is 11.6. The van der Waals surface area contributed by atoms with E-state index < -0.39 is 17.8 Å². The van der Waals surface area contributed by atoms with Gasteiger partial charge in [0.05, 0.1) is 13.0 Å². The number of imide groups is 1. The molecule has 2 aliphatic rings. The molecule has 0 bridgehead atoms. The van der Waals surface area contributed by atoms with Crippen molar-refractivity contribution in [1.29, 1.82) is 0 Å². The van der Waals surface area contributed by atoms with Crippen LogP contribution in [0.2, 0.25) is 0 Å². The monoisotopic (exact) mass is 265 g/mol. The lowest BCUT2D eigenvalue weighted by Gasteiger charge is -2.26. The van der Waals surface area contributed by atoms with E-state index in [1.807, 2.05) is 0 Å². The lowest BCUT2D eigenvalue weighted by molar-refractivity contribution is -0.145. The highest BCUT2D eigenvalue weighted by molar-refractivity contribution is 6.17. The Morgan fingerprint density at radius 3 is 2.84 bits per heavy atom. The van der Waals surface area contributed by atoms with Gasteiger partial charge in [-0.2, -0.15) is 0 Å². The third-order valence-electron chi connectivity index (χ3n) is 3.69. The maximum absolute atomic E-state index is 11.6. The van der Waals surface area contributed by atoms with Crippen molar-refractivity contribution < 1.29 is 19.1 Å². The molecule has 0 aromatic carbocycles. The average molecular weight is 265 g/mol. The van der Waals surface area contributed by atoms with Gasteiger partial charge < -0.3 is 4.74 Å². The molecule has 1 aliphatic carbocycles. The maximum Gasteiger partial charge on any atom is 0.310 e. The van der Waals surface area contributed by atoms with Gasteiger partial charge in [0.25, 0.3) is 11.8 Å². The SMILES string of the molecule is CC1CCC[C@H](COC(=O)CC2=CC(=O)NC2=O)C1. The molecule has 0 spiro atoms. The standard InChI is InChI=1S/C14H19NO4/c1-9-3-2-4-10(5-9)8-19-13(17)7-11-6-12(16)15-14(11)18/h6,9-10H,2-5,7-8H2,1H3,(H,15,16,18)/t9?,10-/m0/s1. The summed E-state index contributed by atoms with van der Waals surface area (Å²) in [5.41, 5.74) is 0.187. The Balaban J connectivity index is 1.74. The molecule has 1 heterocycles. The molecule has 104 valence electrons. The molecular weight excluding hydrogens is 246 g/mol. The number of carbonyl (C=O) groups excluding carboxylic acids is 3. The van der Waals surface area contributed by atoms with Crippen molar-refractivity contribution in [2.45, 2.75) is 39.0 Å². The van der Waals surface area contributed by atoms with Crippen molar-refractivity contribution in [2.24, 2.45) is 11.8 Å². The number of carbonyl (C=O) groups is 3. The third kappa shape index (κ3) is 3.91. The van der Waals surface area contributed by atoms with Crippen LogP contribution >= 0.6 is 0 Å². The summed E-state index contributed by atoms with van der Waals surface area (Å²) in [7, 11) is 0. The Hall–Kier alpha value is -1.65. The fraction of sp³-hybridized carbons (Fsp3) is 0.643. The van der Waals surface area contributed by atoms with Crippen LogP contribution in [0.25, 0.3) is 0 Å². The van der Waals surface area contributed by atoms with Crippen LogP contribution in [0.4, 0.5) is 0 Å². The number of amides is 2. The molecule has 1 saturated carbocycles. The Labute approximate surface area is 112 Å². The van der Waals surface area contributed by atoms with E-state index in [4.69, 9.17) is 4.74 Å². The minimum atomic E-state index is -0.492. The van der Waals surface area contributed by atoms with Gasteiger partial charge in [0.2, 0.25) is 0 Å². The molecular formula is C14H19NO4. The molecule has 2 amide bonds. The van der Waals surface area contributed by atoms with Crippen molar-refractivity contribution >= 4 is 17.8 Å². The molecule has 0 radical (unpaired) electrons. The smallest absolute Gasteiger partial charge is 0.310 e. The molecule has 1 unspecified atom stereocenters. The van der Waals surface area contributed by atoms with E-state index >= 15 is 0 Å². The summed E-state index contributed by atoms with van der Waals surface area (Å²) >= 11 is 0. The molecule has 5 heteroatoms. The van der Waals surface area contributed by atoms with Crippen LogP contribution in [0, 0.1) is 11.8 Å². The largest absolute Gasteiger partial charge is 0.465 e. The van der Waals surface area contributed by atoms with Crippen LogP contribution < -0.4 is 5.32 Å². The summed E-state index contributed by atoms with van der Waals surface area (Å²) < 4.78 is 5.20. The topological polar surface area (TPSA) is 72.5 Å². The van der Waals surface area contributed by atoms with Gasteiger partial charge in [0, 0.05) is 11.6 Å². The van der Waals surface area contributed by atoms with E-state index in [0.29, 0.717) is 18.4 Å². The fourth-order valence-corrected chi connectivity index (χ4v) is 2.71. The van der Waals surface area contributed by atoms with Crippen LogP contribution in [-0.2, 0) is 19.1 Å². The zero-order valence-electron chi connectivity index (χ0n) is 11.1. The molecule has 2 rings (SSSR count). The normalized spacial score (nSPS) is 26.9. The predicted molar refractivity (Wildman–Crippen MR) is 67.9 cm³/mol. The van der Waals surface area contributed by atoms with Crippen LogP contribution in [0.5, 0.6) is 0 Å². The van der Waals surface area contributed by atoms with E-state index in [1.54, 1.807) is 0 Å². The van der Waals surface area contributed by atoms with Crippen molar-refractivity contribution in [2.75, 3.05) is 6.61 Å². The van der Waals surface area contributed by atoms with Crippen LogP contribution in [0.3, 0.4) is 0 Å². The van der Waals surface area contributed by atoms with E-state index in [2.05, 4.69) is 12.2 Å². The van der Waals surface area contributed by atoms with E-state index in [-0.39, 0.29) is 12.0 Å². The first kappa shape index (κ1) is 13.8.